The van der Waals surface area contributed by atoms with Gasteiger partial charge in [0.1, 0.15) is 5.75 Å². The highest BCUT2D eigenvalue weighted by Gasteiger charge is 2.20. The van der Waals surface area contributed by atoms with Crippen LogP contribution in [0.3, 0.4) is 0 Å². The Kier molecular flexibility index (Phi) is 3.40. The van der Waals surface area contributed by atoms with E-state index >= 15 is 0 Å². The third-order valence-electron chi connectivity index (χ3n) is 3.79. The zero-order valence-electron chi connectivity index (χ0n) is 11.1. The highest BCUT2D eigenvalue weighted by molar-refractivity contribution is 5.95. The van der Waals surface area contributed by atoms with Gasteiger partial charge in [0.05, 0.1) is 5.69 Å². The molecule has 2 aliphatic rings. The second kappa shape index (κ2) is 5.19. The van der Waals surface area contributed by atoms with E-state index in [1.165, 1.54) is 5.56 Å². The van der Waals surface area contributed by atoms with Crippen molar-refractivity contribution in [2.45, 2.75) is 12.5 Å². The number of fused-ring (bicyclic) bond motifs is 1. The molecule has 19 heavy (non-hydrogen) atoms. The van der Waals surface area contributed by atoms with Crippen molar-refractivity contribution in [3.8, 4) is 5.75 Å². The van der Waals surface area contributed by atoms with E-state index in [1.54, 1.807) is 0 Å². The van der Waals surface area contributed by atoms with Crippen molar-refractivity contribution < 1.29 is 9.53 Å². The minimum absolute atomic E-state index is 0.0823. The van der Waals surface area contributed by atoms with Crippen LogP contribution in [0.25, 0.3) is 0 Å². The van der Waals surface area contributed by atoms with Crippen LogP contribution < -0.4 is 15.4 Å². The van der Waals surface area contributed by atoms with Crippen LogP contribution in [-0.2, 0) is 11.2 Å². The summed E-state index contributed by atoms with van der Waals surface area (Å²) in [5, 5.41) is 6.27. The van der Waals surface area contributed by atoms with Gasteiger partial charge in [-0.15, -0.1) is 0 Å². The van der Waals surface area contributed by atoms with Crippen LogP contribution in [-0.4, -0.2) is 50.1 Å². The molecule has 2 aliphatic heterocycles. The molecule has 3 rings (SSSR count). The molecule has 2 N–H and O–H groups in total. The summed E-state index contributed by atoms with van der Waals surface area (Å²) in [5.41, 5.74) is 2.02. The summed E-state index contributed by atoms with van der Waals surface area (Å²) in [6, 6.07) is 6.56. The monoisotopic (exact) mass is 261 g/mol. The molecule has 5 nitrogen and oxygen atoms in total. The van der Waals surface area contributed by atoms with Crippen LogP contribution in [0.4, 0.5) is 5.69 Å². The number of rotatable bonds is 2. The van der Waals surface area contributed by atoms with E-state index in [9.17, 15) is 4.79 Å². The quantitative estimate of drug-likeness (QED) is 0.812. The third kappa shape index (κ3) is 2.72. The minimum Gasteiger partial charge on any atom is -0.482 e. The smallest absolute Gasteiger partial charge is 0.262 e. The van der Waals surface area contributed by atoms with Gasteiger partial charge in [-0.2, -0.15) is 0 Å². The average Bonchev–Trinajstić information content (AvgIpc) is 2.41. The zero-order valence-corrected chi connectivity index (χ0v) is 11.1. The Morgan fingerprint density at radius 3 is 3.21 bits per heavy atom. The van der Waals surface area contributed by atoms with E-state index in [-0.39, 0.29) is 12.5 Å². The van der Waals surface area contributed by atoms with Crippen molar-refractivity contribution in [2.24, 2.45) is 0 Å². The Balaban J connectivity index is 1.74. The van der Waals surface area contributed by atoms with Crippen molar-refractivity contribution in [3.63, 3.8) is 0 Å². The number of nitrogens with zero attached hydrogens (tertiary/aromatic N) is 1. The predicted octanol–water partition coefficient (Wildman–Crippen LogP) is 0.464. The first kappa shape index (κ1) is 12.4. The van der Waals surface area contributed by atoms with E-state index in [0.717, 1.165) is 37.5 Å². The lowest BCUT2D eigenvalue weighted by Crippen LogP contribution is -2.50. The molecule has 0 bridgehead atoms. The maximum atomic E-state index is 11.3. The summed E-state index contributed by atoms with van der Waals surface area (Å²) >= 11 is 0. The average molecular weight is 261 g/mol. The maximum Gasteiger partial charge on any atom is 0.262 e. The first-order valence-corrected chi connectivity index (χ1v) is 6.69. The van der Waals surface area contributed by atoms with Gasteiger partial charge < -0.3 is 20.3 Å². The molecule has 1 saturated heterocycles. The van der Waals surface area contributed by atoms with E-state index in [2.05, 4.69) is 28.6 Å². The number of piperazine rings is 1. The molecule has 0 saturated carbocycles. The number of hydrogen-bond donors (Lipinski definition) is 2. The van der Waals surface area contributed by atoms with Gasteiger partial charge in [-0.05, 0) is 31.2 Å². The summed E-state index contributed by atoms with van der Waals surface area (Å²) in [5.74, 6) is 0.680. The normalized spacial score (nSPS) is 23.4. The topological polar surface area (TPSA) is 53.6 Å². The predicted molar refractivity (Wildman–Crippen MR) is 73.6 cm³/mol. The lowest BCUT2D eigenvalue weighted by molar-refractivity contribution is -0.118. The third-order valence-corrected chi connectivity index (χ3v) is 3.79. The number of benzene rings is 1. The van der Waals surface area contributed by atoms with E-state index in [4.69, 9.17) is 4.74 Å². The SMILES string of the molecule is CN1CCNCC1Cc1ccc2c(c1)NC(=O)CO2. The van der Waals surface area contributed by atoms with E-state index in [1.807, 2.05) is 12.1 Å². The molecule has 1 amide bonds. The Bertz CT molecular complexity index is 490. The molecule has 5 heteroatoms. The highest BCUT2D eigenvalue weighted by Crippen LogP contribution is 2.29. The van der Waals surface area contributed by atoms with Crippen molar-refractivity contribution >= 4 is 11.6 Å². The number of ether oxygens (including phenoxy) is 1. The fourth-order valence-electron chi connectivity index (χ4n) is 2.62. The van der Waals surface area contributed by atoms with Crippen LogP contribution in [0.2, 0.25) is 0 Å². The van der Waals surface area contributed by atoms with Crippen LogP contribution in [0.5, 0.6) is 5.75 Å². The first-order chi connectivity index (χ1) is 9.22. The van der Waals surface area contributed by atoms with Gasteiger partial charge in [0.2, 0.25) is 0 Å². The number of likely N-dealkylation sites (N-methyl/N-ethyl adjacent to an activating group) is 1. The van der Waals surface area contributed by atoms with E-state index < -0.39 is 0 Å². The van der Waals surface area contributed by atoms with Crippen LogP contribution in [0.1, 0.15) is 5.56 Å². The fraction of sp³-hybridized carbons (Fsp3) is 0.500. The van der Waals surface area contributed by atoms with Crippen molar-refractivity contribution in [1.29, 1.82) is 0 Å². The lowest BCUT2D eigenvalue weighted by atomic mass is 10.0. The number of carbonyl (C=O) groups is 1. The van der Waals surface area contributed by atoms with Crippen molar-refractivity contribution in [1.82, 2.24) is 10.2 Å². The van der Waals surface area contributed by atoms with Gasteiger partial charge in [-0.3, -0.25) is 4.79 Å². The Hall–Kier alpha value is -1.59. The minimum atomic E-state index is -0.0823. The van der Waals surface area contributed by atoms with E-state index in [0.29, 0.717) is 6.04 Å². The van der Waals surface area contributed by atoms with Gasteiger partial charge in [0, 0.05) is 25.7 Å². The zero-order chi connectivity index (χ0) is 13.2. The van der Waals surface area contributed by atoms with Gasteiger partial charge in [0.15, 0.2) is 6.61 Å². The number of nitrogens with one attached hydrogen (secondary N) is 2. The first-order valence-electron chi connectivity index (χ1n) is 6.69. The highest BCUT2D eigenvalue weighted by atomic mass is 16.5. The molecule has 1 aromatic carbocycles. The Morgan fingerprint density at radius 1 is 1.47 bits per heavy atom. The fourth-order valence-corrected chi connectivity index (χ4v) is 2.62. The largest absolute Gasteiger partial charge is 0.482 e. The molecule has 0 aliphatic carbocycles. The molecule has 0 spiro atoms. The van der Waals surface area contributed by atoms with Gasteiger partial charge in [0.25, 0.3) is 5.91 Å². The number of hydrogen-bond acceptors (Lipinski definition) is 4. The van der Waals surface area contributed by atoms with Crippen LogP contribution >= 0.6 is 0 Å². The molecule has 1 atom stereocenters. The summed E-state index contributed by atoms with van der Waals surface area (Å²) in [6.45, 7) is 3.26. The van der Waals surface area contributed by atoms with Gasteiger partial charge >= 0.3 is 0 Å². The van der Waals surface area contributed by atoms with Crippen LogP contribution in [0, 0.1) is 0 Å². The van der Waals surface area contributed by atoms with Crippen molar-refractivity contribution in [2.75, 3.05) is 38.6 Å². The standard InChI is InChI=1S/C14H19N3O2/c1-17-5-4-15-8-11(17)6-10-2-3-13-12(7-10)16-14(18)9-19-13/h2-3,7,11,15H,4-6,8-9H2,1H3,(H,16,18). The molecule has 1 aromatic rings. The number of amides is 1. The molecule has 1 unspecified atom stereocenters. The molecule has 102 valence electrons. The number of anilines is 1. The molecular weight excluding hydrogens is 242 g/mol. The van der Waals surface area contributed by atoms with Crippen LogP contribution in [0.15, 0.2) is 18.2 Å². The Morgan fingerprint density at radius 2 is 2.37 bits per heavy atom. The second-order valence-electron chi connectivity index (χ2n) is 5.21. The summed E-state index contributed by atoms with van der Waals surface area (Å²) < 4.78 is 5.37. The van der Waals surface area contributed by atoms with Gasteiger partial charge in [-0.1, -0.05) is 6.07 Å². The Labute approximate surface area is 112 Å². The van der Waals surface area contributed by atoms with Gasteiger partial charge in [-0.25, -0.2) is 0 Å². The lowest BCUT2D eigenvalue weighted by Gasteiger charge is -2.33. The number of carbonyl (C=O) groups excluding carboxylic acids is 1. The molecule has 0 radical (unpaired) electrons. The maximum absolute atomic E-state index is 11.3. The molecule has 0 aromatic heterocycles. The molecule has 1 fully saturated rings. The summed E-state index contributed by atoms with van der Waals surface area (Å²) in [7, 11) is 2.16. The summed E-state index contributed by atoms with van der Waals surface area (Å²) in [4.78, 5) is 13.7. The molecule has 2 heterocycles. The molecular formula is C14H19N3O2. The second-order valence-corrected chi connectivity index (χ2v) is 5.21. The van der Waals surface area contributed by atoms with Crippen molar-refractivity contribution in [3.05, 3.63) is 23.8 Å². The summed E-state index contributed by atoms with van der Waals surface area (Å²) in [6.07, 6.45) is 0.979.